The second-order valence-corrected chi connectivity index (χ2v) is 5.31. The fourth-order valence-corrected chi connectivity index (χ4v) is 2.56. The number of hydrogen-bond donors (Lipinski definition) is 0. The van der Waals surface area contributed by atoms with Crippen molar-refractivity contribution in [3.05, 3.63) is 90.0 Å². The Bertz CT molecular complexity index is 732. The monoisotopic (exact) mass is 288 g/mol. The van der Waals surface area contributed by atoms with E-state index >= 15 is 0 Å². The number of hydrogen-bond acceptors (Lipinski definition) is 1. The van der Waals surface area contributed by atoms with Gasteiger partial charge < -0.3 is 4.74 Å². The van der Waals surface area contributed by atoms with Crippen LogP contribution in [0.2, 0.25) is 0 Å². The summed E-state index contributed by atoms with van der Waals surface area (Å²) >= 11 is 0. The molecule has 0 unspecified atom stereocenters. The predicted molar refractivity (Wildman–Crippen MR) is 92.0 cm³/mol. The van der Waals surface area contributed by atoms with E-state index in [9.17, 15) is 0 Å². The van der Waals surface area contributed by atoms with E-state index in [4.69, 9.17) is 4.74 Å². The molecule has 3 aromatic rings. The first-order valence-electron chi connectivity index (χ1n) is 7.72. The molecule has 0 bridgehead atoms. The fraction of sp³-hybridized carbons (Fsp3) is 0.143. The Morgan fingerprint density at radius 1 is 0.773 bits per heavy atom. The van der Waals surface area contributed by atoms with Crippen LogP contribution in [0.25, 0.3) is 11.1 Å². The van der Waals surface area contributed by atoms with Crippen LogP contribution in [0, 0.1) is 0 Å². The average molecular weight is 288 g/mol. The molecule has 0 aliphatic rings. The highest BCUT2D eigenvalue weighted by molar-refractivity contribution is 5.67. The summed E-state index contributed by atoms with van der Waals surface area (Å²) in [5.74, 6) is 0.933. The van der Waals surface area contributed by atoms with Crippen molar-refractivity contribution in [1.29, 1.82) is 0 Å². The van der Waals surface area contributed by atoms with Crippen LogP contribution in [0.15, 0.2) is 78.9 Å². The van der Waals surface area contributed by atoms with Crippen LogP contribution in [0.1, 0.15) is 18.1 Å². The summed E-state index contributed by atoms with van der Waals surface area (Å²) < 4.78 is 6.00. The summed E-state index contributed by atoms with van der Waals surface area (Å²) in [5, 5.41) is 0. The summed E-state index contributed by atoms with van der Waals surface area (Å²) in [6, 6.07) is 27.2. The molecule has 22 heavy (non-hydrogen) atoms. The molecule has 1 heteroatoms. The van der Waals surface area contributed by atoms with Crippen LogP contribution < -0.4 is 4.74 Å². The van der Waals surface area contributed by atoms with Gasteiger partial charge in [-0.3, -0.25) is 0 Å². The normalized spacial score (nSPS) is 10.4. The Balaban J connectivity index is 1.81. The molecule has 0 radical (unpaired) electrons. The van der Waals surface area contributed by atoms with Crippen molar-refractivity contribution in [3.8, 4) is 16.9 Å². The zero-order valence-corrected chi connectivity index (χ0v) is 12.8. The molecule has 0 N–H and O–H groups in total. The molecular weight excluding hydrogens is 268 g/mol. The molecule has 0 aromatic heterocycles. The van der Waals surface area contributed by atoms with Crippen molar-refractivity contribution in [1.82, 2.24) is 0 Å². The standard InChI is InChI=1S/C21H20O/c1-2-17-9-8-13-20(15-17)22-16-19-12-6-7-14-21(19)18-10-4-3-5-11-18/h3-15H,2,16H2,1H3. The van der Waals surface area contributed by atoms with Gasteiger partial charge in [0.05, 0.1) is 0 Å². The van der Waals surface area contributed by atoms with Crippen LogP contribution in [0.5, 0.6) is 5.75 Å². The molecule has 0 heterocycles. The quantitative estimate of drug-likeness (QED) is 0.602. The first-order chi connectivity index (χ1) is 10.9. The van der Waals surface area contributed by atoms with Crippen molar-refractivity contribution in [3.63, 3.8) is 0 Å². The molecule has 3 aromatic carbocycles. The van der Waals surface area contributed by atoms with Gasteiger partial charge in [-0.05, 0) is 40.8 Å². The smallest absolute Gasteiger partial charge is 0.120 e. The maximum Gasteiger partial charge on any atom is 0.120 e. The van der Waals surface area contributed by atoms with Crippen LogP contribution in [0.3, 0.4) is 0 Å². The maximum atomic E-state index is 6.00. The van der Waals surface area contributed by atoms with Gasteiger partial charge in [0.25, 0.3) is 0 Å². The summed E-state index contributed by atoms with van der Waals surface area (Å²) in [4.78, 5) is 0. The number of aryl methyl sites for hydroxylation is 1. The first-order valence-corrected chi connectivity index (χ1v) is 7.72. The van der Waals surface area contributed by atoms with E-state index in [1.54, 1.807) is 0 Å². The van der Waals surface area contributed by atoms with Gasteiger partial charge in [0.1, 0.15) is 12.4 Å². The van der Waals surface area contributed by atoms with Gasteiger partial charge in [0.15, 0.2) is 0 Å². The van der Waals surface area contributed by atoms with Crippen molar-refractivity contribution in [2.75, 3.05) is 0 Å². The average Bonchev–Trinajstić information content (AvgIpc) is 2.61. The topological polar surface area (TPSA) is 9.23 Å². The van der Waals surface area contributed by atoms with E-state index < -0.39 is 0 Å². The highest BCUT2D eigenvalue weighted by Gasteiger charge is 2.05. The van der Waals surface area contributed by atoms with Gasteiger partial charge in [-0.25, -0.2) is 0 Å². The van der Waals surface area contributed by atoms with Gasteiger partial charge in [-0.1, -0.05) is 73.7 Å². The molecule has 0 saturated heterocycles. The molecule has 0 atom stereocenters. The summed E-state index contributed by atoms with van der Waals surface area (Å²) in [7, 11) is 0. The highest BCUT2D eigenvalue weighted by Crippen LogP contribution is 2.25. The molecule has 0 fully saturated rings. The maximum absolute atomic E-state index is 6.00. The van der Waals surface area contributed by atoms with E-state index in [-0.39, 0.29) is 0 Å². The lowest BCUT2D eigenvalue weighted by Gasteiger charge is -2.12. The lowest BCUT2D eigenvalue weighted by molar-refractivity contribution is 0.306. The molecule has 0 amide bonds. The van der Waals surface area contributed by atoms with Crippen LogP contribution >= 0.6 is 0 Å². The minimum atomic E-state index is 0.582. The third-order valence-corrected chi connectivity index (χ3v) is 3.80. The predicted octanol–water partition coefficient (Wildman–Crippen LogP) is 5.50. The van der Waals surface area contributed by atoms with E-state index in [1.165, 1.54) is 22.3 Å². The Hall–Kier alpha value is -2.54. The van der Waals surface area contributed by atoms with Gasteiger partial charge >= 0.3 is 0 Å². The largest absolute Gasteiger partial charge is 0.489 e. The summed E-state index contributed by atoms with van der Waals surface area (Å²) in [6.45, 7) is 2.74. The lowest BCUT2D eigenvalue weighted by atomic mass is 10.0. The van der Waals surface area contributed by atoms with Gasteiger partial charge in [-0.2, -0.15) is 0 Å². The Labute approximate surface area is 132 Å². The van der Waals surface area contributed by atoms with Crippen LogP contribution in [-0.2, 0) is 13.0 Å². The zero-order valence-electron chi connectivity index (χ0n) is 12.8. The van der Waals surface area contributed by atoms with Gasteiger partial charge in [0.2, 0.25) is 0 Å². The first kappa shape index (κ1) is 14.4. The molecular formula is C21H20O. The van der Waals surface area contributed by atoms with Crippen molar-refractivity contribution < 1.29 is 4.74 Å². The van der Waals surface area contributed by atoms with Gasteiger partial charge in [0, 0.05) is 0 Å². The van der Waals surface area contributed by atoms with Crippen LogP contribution in [0.4, 0.5) is 0 Å². The molecule has 0 aliphatic carbocycles. The Morgan fingerprint density at radius 2 is 1.55 bits per heavy atom. The number of benzene rings is 3. The summed E-state index contributed by atoms with van der Waals surface area (Å²) in [5.41, 5.74) is 4.96. The van der Waals surface area contributed by atoms with Crippen LogP contribution in [-0.4, -0.2) is 0 Å². The number of rotatable bonds is 5. The zero-order chi connectivity index (χ0) is 15.2. The van der Waals surface area contributed by atoms with E-state index in [1.807, 2.05) is 12.1 Å². The van der Waals surface area contributed by atoms with Crippen molar-refractivity contribution in [2.45, 2.75) is 20.0 Å². The lowest BCUT2D eigenvalue weighted by Crippen LogP contribution is -1.98. The third-order valence-electron chi connectivity index (χ3n) is 3.80. The summed E-state index contributed by atoms with van der Waals surface area (Å²) in [6.07, 6.45) is 1.03. The SMILES string of the molecule is CCc1cccc(OCc2ccccc2-c2ccccc2)c1. The van der Waals surface area contributed by atoms with Gasteiger partial charge in [-0.15, -0.1) is 0 Å². The van der Waals surface area contributed by atoms with Crippen molar-refractivity contribution in [2.24, 2.45) is 0 Å². The van der Waals surface area contributed by atoms with Crippen molar-refractivity contribution >= 4 is 0 Å². The Morgan fingerprint density at radius 3 is 2.36 bits per heavy atom. The van der Waals surface area contributed by atoms with E-state index in [2.05, 4.69) is 73.7 Å². The van der Waals surface area contributed by atoms with E-state index in [0.717, 1.165) is 12.2 Å². The Kier molecular flexibility index (Phi) is 4.55. The molecule has 1 nitrogen and oxygen atoms in total. The molecule has 0 saturated carbocycles. The fourth-order valence-electron chi connectivity index (χ4n) is 2.56. The minimum Gasteiger partial charge on any atom is -0.489 e. The second kappa shape index (κ2) is 6.95. The molecule has 110 valence electrons. The highest BCUT2D eigenvalue weighted by atomic mass is 16.5. The molecule has 0 aliphatic heterocycles. The van der Waals surface area contributed by atoms with E-state index in [0.29, 0.717) is 6.61 Å². The third kappa shape index (κ3) is 3.37. The second-order valence-electron chi connectivity index (χ2n) is 5.31. The molecule has 3 rings (SSSR count). The minimum absolute atomic E-state index is 0.582. The molecule has 0 spiro atoms. The number of ether oxygens (including phenoxy) is 1.